The summed E-state index contributed by atoms with van der Waals surface area (Å²) in [6, 6.07) is 10.2. The molecule has 2 aromatic rings. The second-order valence-corrected chi connectivity index (χ2v) is 4.99. The van der Waals surface area contributed by atoms with Gasteiger partial charge in [-0.25, -0.2) is 0 Å². The third kappa shape index (κ3) is 2.23. The van der Waals surface area contributed by atoms with E-state index < -0.39 is 0 Å². The summed E-state index contributed by atoms with van der Waals surface area (Å²) in [7, 11) is 0. The van der Waals surface area contributed by atoms with Gasteiger partial charge >= 0.3 is 0 Å². The molecule has 1 aromatic carbocycles. The topological polar surface area (TPSA) is 36.9 Å². The number of aromatic amines is 1. The number of rotatable bonds is 3. The number of nitrogens with one attached hydrogen (secondary N) is 1. The van der Waals surface area contributed by atoms with Gasteiger partial charge in [0.25, 0.3) is 0 Å². The molecule has 4 nitrogen and oxygen atoms in total. The van der Waals surface area contributed by atoms with Crippen LogP contribution >= 0.6 is 12.2 Å². The summed E-state index contributed by atoms with van der Waals surface area (Å²) in [4.78, 5) is 2.42. The van der Waals surface area contributed by atoms with Crippen molar-refractivity contribution in [2.24, 2.45) is 0 Å². The molecule has 0 aliphatic carbocycles. The van der Waals surface area contributed by atoms with Crippen molar-refractivity contribution < 1.29 is 0 Å². The molecular weight excluding hydrogens is 244 g/mol. The van der Waals surface area contributed by atoms with Crippen LogP contribution in [0.25, 0.3) is 5.69 Å². The Morgan fingerprint density at radius 2 is 1.89 bits per heavy atom. The zero-order chi connectivity index (χ0) is 12.4. The lowest BCUT2D eigenvalue weighted by molar-refractivity contribution is 0.320. The van der Waals surface area contributed by atoms with Crippen LogP contribution in [0.5, 0.6) is 0 Å². The van der Waals surface area contributed by atoms with Crippen molar-refractivity contribution in [3.8, 4) is 5.69 Å². The minimum Gasteiger partial charge on any atom is -0.296 e. The van der Waals surface area contributed by atoms with E-state index in [9.17, 15) is 0 Å². The molecule has 1 aliphatic heterocycles. The van der Waals surface area contributed by atoms with Gasteiger partial charge in [0.15, 0.2) is 4.77 Å². The molecule has 0 spiro atoms. The maximum atomic E-state index is 5.32. The molecule has 94 valence electrons. The van der Waals surface area contributed by atoms with E-state index in [4.69, 9.17) is 12.2 Å². The molecule has 1 aromatic heterocycles. The highest BCUT2D eigenvalue weighted by Gasteiger charge is 2.16. The van der Waals surface area contributed by atoms with Gasteiger partial charge in [-0.2, -0.15) is 5.10 Å². The maximum Gasteiger partial charge on any atom is 0.199 e. The first-order chi connectivity index (χ1) is 8.84. The van der Waals surface area contributed by atoms with Crippen molar-refractivity contribution in [3.05, 3.63) is 40.9 Å². The van der Waals surface area contributed by atoms with Gasteiger partial charge in [-0.15, -0.1) is 0 Å². The monoisotopic (exact) mass is 260 g/mol. The predicted octanol–water partition coefficient (Wildman–Crippen LogP) is 2.53. The predicted molar refractivity (Wildman–Crippen MR) is 73.3 cm³/mol. The first-order valence-electron chi connectivity index (χ1n) is 6.29. The number of nitrogens with zero attached hydrogens (tertiary/aromatic N) is 3. The van der Waals surface area contributed by atoms with Crippen LogP contribution in [0.15, 0.2) is 30.3 Å². The van der Waals surface area contributed by atoms with Crippen LogP contribution in [0, 0.1) is 4.77 Å². The van der Waals surface area contributed by atoms with Gasteiger partial charge in [0.05, 0.1) is 6.54 Å². The van der Waals surface area contributed by atoms with Crippen LogP contribution in [0.1, 0.15) is 18.7 Å². The van der Waals surface area contributed by atoms with Crippen molar-refractivity contribution >= 4 is 12.2 Å². The second-order valence-electron chi connectivity index (χ2n) is 4.60. The molecule has 0 amide bonds. The van der Waals surface area contributed by atoms with Gasteiger partial charge in [-0.05, 0) is 50.3 Å². The smallest absolute Gasteiger partial charge is 0.199 e. The Kier molecular flexibility index (Phi) is 3.25. The van der Waals surface area contributed by atoms with E-state index in [1.807, 2.05) is 22.8 Å². The van der Waals surface area contributed by atoms with Crippen LogP contribution in [-0.2, 0) is 6.54 Å². The molecule has 18 heavy (non-hydrogen) atoms. The zero-order valence-corrected chi connectivity index (χ0v) is 11.0. The molecule has 1 fully saturated rings. The van der Waals surface area contributed by atoms with E-state index in [-0.39, 0.29) is 0 Å². The summed E-state index contributed by atoms with van der Waals surface area (Å²) in [6.45, 7) is 3.19. The Labute approximate surface area is 111 Å². The Morgan fingerprint density at radius 3 is 2.61 bits per heavy atom. The summed E-state index contributed by atoms with van der Waals surface area (Å²) < 4.78 is 2.68. The average Bonchev–Trinajstić information content (AvgIpc) is 3.02. The third-order valence-corrected chi connectivity index (χ3v) is 3.59. The fourth-order valence-corrected chi connectivity index (χ4v) is 2.68. The minimum absolute atomic E-state index is 0.662. The first-order valence-corrected chi connectivity index (χ1v) is 6.69. The second kappa shape index (κ2) is 5.04. The van der Waals surface area contributed by atoms with Crippen LogP contribution in [-0.4, -0.2) is 32.8 Å². The Bertz CT molecular complexity index is 566. The van der Waals surface area contributed by atoms with E-state index in [0.29, 0.717) is 4.77 Å². The van der Waals surface area contributed by atoms with Gasteiger partial charge in [-0.1, -0.05) is 18.2 Å². The standard InChI is InChI=1S/C13H16N4S/c18-13-15-14-12(10-16-8-4-5-9-16)17(13)11-6-2-1-3-7-11/h1-3,6-7H,4-5,8-10H2,(H,15,18). The molecule has 0 bridgehead atoms. The summed E-state index contributed by atoms with van der Waals surface area (Å²) in [5.74, 6) is 0.994. The third-order valence-electron chi connectivity index (χ3n) is 3.32. The minimum atomic E-state index is 0.662. The van der Waals surface area contributed by atoms with Crippen LogP contribution in [0.2, 0.25) is 0 Å². The lowest BCUT2D eigenvalue weighted by atomic mass is 10.3. The summed E-state index contributed by atoms with van der Waals surface area (Å²) in [6.07, 6.45) is 2.58. The molecule has 1 aliphatic rings. The van der Waals surface area contributed by atoms with Crippen LogP contribution < -0.4 is 0 Å². The quantitative estimate of drug-likeness (QED) is 0.862. The number of para-hydroxylation sites is 1. The number of H-pyrrole nitrogens is 1. The molecular formula is C13H16N4S. The average molecular weight is 260 g/mol. The normalized spacial score (nSPS) is 16.2. The Hall–Kier alpha value is -1.46. The van der Waals surface area contributed by atoms with Crippen molar-refractivity contribution in [1.82, 2.24) is 19.7 Å². The van der Waals surface area contributed by atoms with Gasteiger partial charge in [-0.3, -0.25) is 14.6 Å². The van der Waals surface area contributed by atoms with Crippen LogP contribution in [0.3, 0.4) is 0 Å². The number of hydrogen-bond acceptors (Lipinski definition) is 3. The van der Waals surface area contributed by atoms with Crippen LogP contribution in [0.4, 0.5) is 0 Å². The maximum absolute atomic E-state index is 5.32. The molecule has 1 saturated heterocycles. The van der Waals surface area contributed by atoms with E-state index in [0.717, 1.165) is 31.1 Å². The van der Waals surface area contributed by atoms with E-state index in [1.165, 1.54) is 12.8 Å². The lowest BCUT2D eigenvalue weighted by Crippen LogP contribution is -2.21. The zero-order valence-electron chi connectivity index (χ0n) is 10.2. The largest absolute Gasteiger partial charge is 0.296 e. The van der Waals surface area contributed by atoms with Gasteiger partial charge < -0.3 is 0 Å². The van der Waals surface area contributed by atoms with E-state index in [1.54, 1.807) is 0 Å². The molecule has 2 heterocycles. The molecule has 1 N–H and O–H groups in total. The van der Waals surface area contributed by atoms with Crippen molar-refractivity contribution in [2.45, 2.75) is 19.4 Å². The lowest BCUT2D eigenvalue weighted by Gasteiger charge is -2.14. The molecule has 0 atom stereocenters. The molecule has 0 unspecified atom stereocenters. The van der Waals surface area contributed by atoms with Crippen molar-refractivity contribution in [2.75, 3.05) is 13.1 Å². The summed E-state index contributed by atoms with van der Waals surface area (Å²) >= 11 is 5.32. The highest BCUT2D eigenvalue weighted by Crippen LogP contribution is 2.15. The van der Waals surface area contributed by atoms with E-state index >= 15 is 0 Å². The number of hydrogen-bond donors (Lipinski definition) is 1. The van der Waals surface area contributed by atoms with Gasteiger partial charge in [0.1, 0.15) is 5.82 Å². The van der Waals surface area contributed by atoms with E-state index in [2.05, 4.69) is 27.2 Å². The van der Waals surface area contributed by atoms with Crippen molar-refractivity contribution in [1.29, 1.82) is 0 Å². The SMILES string of the molecule is S=c1[nH]nc(CN2CCCC2)n1-c1ccccc1. The number of aromatic nitrogens is 3. The molecule has 0 saturated carbocycles. The molecule has 3 rings (SSSR count). The Morgan fingerprint density at radius 1 is 1.17 bits per heavy atom. The molecule has 5 heteroatoms. The van der Waals surface area contributed by atoms with Gasteiger partial charge in [0.2, 0.25) is 0 Å². The van der Waals surface area contributed by atoms with Gasteiger partial charge in [0, 0.05) is 5.69 Å². The number of benzene rings is 1. The summed E-state index contributed by atoms with van der Waals surface area (Å²) in [5, 5.41) is 7.26. The van der Waals surface area contributed by atoms with Crippen molar-refractivity contribution in [3.63, 3.8) is 0 Å². The molecule has 0 radical (unpaired) electrons. The highest BCUT2D eigenvalue weighted by atomic mass is 32.1. The first kappa shape index (κ1) is 11.6. The fourth-order valence-electron chi connectivity index (χ4n) is 2.42. The summed E-state index contributed by atoms with van der Waals surface area (Å²) in [5.41, 5.74) is 1.07. The fraction of sp³-hybridized carbons (Fsp3) is 0.385. The Balaban J connectivity index is 1.94. The highest BCUT2D eigenvalue weighted by molar-refractivity contribution is 7.71. The number of likely N-dealkylation sites (tertiary alicyclic amines) is 1.